The van der Waals surface area contributed by atoms with E-state index in [1.807, 2.05) is 48.5 Å². The molecule has 2 amide bonds. The van der Waals surface area contributed by atoms with Crippen LogP contribution in [0.4, 0.5) is 0 Å². The van der Waals surface area contributed by atoms with E-state index < -0.39 is 29.9 Å². The summed E-state index contributed by atoms with van der Waals surface area (Å²) >= 11 is 0. The Balaban J connectivity index is 1.83. The van der Waals surface area contributed by atoms with Crippen molar-refractivity contribution in [2.24, 2.45) is 17.6 Å². The van der Waals surface area contributed by atoms with Crippen LogP contribution in [0.25, 0.3) is 11.0 Å². The van der Waals surface area contributed by atoms with Crippen molar-refractivity contribution in [1.29, 1.82) is 0 Å². The molecule has 1 heterocycles. The van der Waals surface area contributed by atoms with Gasteiger partial charge in [-0.1, -0.05) is 69.2 Å². The minimum absolute atomic E-state index is 0.108. The Morgan fingerprint density at radius 2 is 1.60 bits per heavy atom. The highest BCUT2D eigenvalue weighted by Gasteiger charge is 2.32. The van der Waals surface area contributed by atoms with E-state index in [0.29, 0.717) is 17.5 Å². The molecule has 0 saturated heterocycles. The summed E-state index contributed by atoms with van der Waals surface area (Å²) < 4.78 is 0. The van der Waals surface area contributed by atoms with Gasteiger partial charge in [0.2, 0.25) is 5.91 Å². The molecule has 0 aliphatic rings. The van der Waals surface area contributed by atoms with E-state index in [0.717, 1.165) is 31.2 Å². The zero-order valence-electron chi connectivity index (χ0n) is 20.6. The number of carbonyl (C=O) groups excluding carboxylic acids is 2. The number of aliphatic hydroxyl groups excluding tert-OH is 1. The number of aliphatic hydroxyl groups is 1. The van der Waals surface area contributed by atoms with Gasteiger partial charge < -0.3 is 16.2 Å². The van der Waals surface area contributed by atoms with Gasteiger partial charge in [0.05, 0.1) is 29.4 Å². The molecule has 1 aromatic heterocycles. The van der Waals surface area contributed by atoms with Crippen molar-refractivity contribution in [3.8, 4) is 0 Å². The van der Waals surface area contributed by atoms with E-state index >= 15 is 0 Å². The zero-order valence-corrected chi connectivity index (χ0v) is 20.6. The quantitative estimate of drug-likeness (QED) is 0.344. The summed E-state index contributed by atoms with van der Waals surface area (Å²) in [5, 5.41) is 14.2. The minimum Gasteiger partial charge on any atom is -0.391 e. The fourth-order valence-corrected chi connectivity index (χ4v) is 4.71. The number of aromatic nitrogens is 2. The lowest BCUT2D eigenvalue weighted by Crippen LogP contribution is -2.47. The highest BCUT2D eigenvalue weighted by atomic mass is 16.3. The molecule has 0 radical (unpaired) electrons. The Morgan fingerprint density at radius 1 is 0.971 bits per heavy atom. The summed E-state index contributed by atoms with van der Waals surface area (Å²) in [7, 11) is 0. The van der Waals surface area contributed by atoms with Crippen LogP contribution >= 0.6 is 0 Å². The molecular weight excluding hydrogens is 440 g/mol. The van der Waals surface area contributed by atoms with Crippen molar-refractivity contribution in [2.45, 2.75) is 64.5 Å². The predicted octanol–water partition coefficient (Wildman–Crippen LogP) is 4.04. The first-order chi connectivity index (χ1) is 16.9. The Labute approximate surface area is 207 Å². The third-order valence-corrected chi connectivity index (χ3v) is 6.51. The van der Waals surface area contributed by atoms with Crippen molar-refractivity contribution in [1.82, 2.24) is 15.3 Å². The number of nitrogens with one attached hydrogen (secondary N) is 1. The van der Waals surface area contributed by atoms with Crippen LogP contribution < -0.4 is 11.1 Å². The highest BCUT2D eigenvalue weighted by Crippen LogP contribution is 2.28. The molecule has 7 heteroatoms. The van der Waals surface area contributed by atoms with Gasteiger partial charge in [0, 0.05) is 5.92 Å². The summed E-state index contributed by atoms with van der Waals surface area (Å²) in [6.45, 7) is 4.17. The van der Waals surface area contributed by atoms with Crippen LogP contribution in [0.5, 0.6) is 0 Å². The van der Waals surface area contributed by atoms with E-state index in [2.05, 4.69) is 29.1 Å². The van der Waals surface area contributed by atoms with Crippen molar-refractivity contribution >= 4 is 22.8 Å². The Hall–Kier alpha value is -3.32. The van der Waals surface area contributed by atoms with Gasteiger partial charge in [-0.2, -0.15) is 0 Å². The molecule has 0 spiro atoms. The average molecular weight is 477 g/mol. The summed E-state index contributed by atoms with van der Waals surface area (Å²) in [6, 6.07) is 16.4. The number of primary amides is 1. The molecule has 3 atom stereocenters. The number of benzene rings is 2. The average Bonchev–Trinajstić information content (AvgIpc) is 2.86. The highest BCUT2D eigenvalue weighted by molar-refractivity contribution is 5.94. The topological polar surface area (TPSA) is 118 Å². The molecule has 186 valence electrons. The van der Waals surface area contributed by atoms with E-state index in [1.165, 1.54) is 6.20 Å². The summed E-state index contributed by atoms with van der Waals surface area (Å²) in [5.41, 5.74) is 8.26. The van der Waals surface area contributed by atoms with Crippen LogP contribution in [0, 0.1) is 11.8 Å². The summed E-state index contributed by atoms with van der Waals surface area (Å²) in [5.74, 6) is -1.17. The van der Waals surface area contributed by atoms with Crippen LogP contribution in [0.3, 0.4) is 0 Å². The van der Waals surface area contributed by atoms with Crippen LogP contribution in [-0.2, 0) is 11.2 Å². The first-order valence-electron chi connectivity index (χ1n) is 12.5. The van der Waals surface area contributed by atoms with Gasteiger partial charge in [0.1, 0.15) is 5.69 Å². The van der Waals surface area contributed by atoms with Crippen molar-refractivity contribution in [2.75, 3.05) is 0 Å². The third kappa shape index (κ3) is 7.33. The van der Waals surface area contributed by atoms with Gasteiger partial charge in [0.15, 0.2) is 0 Å². The Morgan fingerprint density at radius 3 is 2.23 bits per heavy atom. The maximum absolute atomic E-state index is 13.1. The lowest BCUT2D eigenvalue weighted by Gasteiger charge is -2.30. The molecule has 7 nitrogen and oxygen atoms in total. The van der Waals surface area contributed by atoms with Gasteiger partial charge in [-0.25, -0.2) is 4.98 Å². The lowest BCUT2D eigenvalue weighted by atomic mass is 9.80. The molecule has 0 bridgehead atoms. The number of nitrogens with zero attached hydrogens (tertiary/aromatic N) is 2. The SMILES string of the molecule is CCCC(CCC)[C@H](C[C@H](O)[C@H](Cc1ccccc1)NC(=O)c1cnc2ccccc2n1)C(N)=O. The minimum atomic E-state index is -0.957. The van der Waals surface area contributed by atoms with Gasteiger partial charge in [0.25, 0.3) is 5.91 Å². The van der Waals surface area contributed by atoms with Crippen LogP contribution in [0.1, 0.15) is 62.0 Å². The number of amides is 2. The van der Waals surface area contributed by atoms with Gasteiger partial charge in [-0.3, -0.25) is 14.6 Å². The smallest absolute Gasteiger partial charge is 0.271 e. The molecule has 0 saturated carbocycles. The van der Waals surface area contributed by atoms with E-state index in [4.69, 9.17) is 5.73 Å². The van der Waals surface area contributed by atoms with Crippen molar-refractivity contribution in [3.63, 3.8) is 0 Å². The second-order valence-corrected chi connectivity index (χ2v) is 9.16. The number of hydrogen-bond donors (Lipinski definition) is 3. The molecule has 4 N–H and O–H groups in total. The van der Waals surface area contributed by atoms with E-state index in [1.54, 1.807) is 6.07 Å². The van der Waals surface area contributed by atoms with Crippen LogP contribution in [0.15, 0.2) is 60.8 Å². The molecule has 0 fully saturated rings. The standard InChI is InChI=1S/C28H36N4O3/c1-3-10-20(11-4-2)21(27(29)34)17-26(33)24(16-19-12-6-5-7-13-19)32-28(35)25-18-30-22-14-8-9-15-23(22)31-25/h5-9,12-15,18,20-21,24,26,33H,3-4,10-11,16-17H2,1-2H3,(H2,29,34)(H,32,35)/t21-,24-,26-/m0/s1. The third-order valence-electron chi connectivity index (χ3n) is 6.51. The Bertz CT molecular complexity index is 1100. The molecular formula is C28H36N4O3. The monoisotopic (exact) mass is 476 g/mol. The van der Waals surface area contributed by atoms with Crippen LogP contribution in [-0.4, -0.2) is 39.0 Å². The molecule has 2 aromatic carbocycles. The number of nitrogens with two attached hydrogens (primary N) is 1. The number of rotatable bonds is 13. The number of para-hydroxylation sites is 2. The molecule has 0 unspecified atom stereocenters. The Kier molecular flexibility index (Phi) is 9.73. The normalized spacial score (nSPS) is 13.9. The van der Waals surface area contributed by atoms with Crippen molar-refractivity contribution < 1.29 is 14.7 Å². The van der Waals surface area contributed by atoms with E-state index in [9.17, 15) is 14.7 Å². The van der Waals surface area contributed by atoms with Crippen LogP contribution in [0.2, 0.25) is 0 Å². The number of hydrogen-bond acceptors (Lipinski definition) is 5. The number of carbonyl (C=O) groups is 2. The first kappa shape index (κ1) is 26.3. The molecule has 3 rings (SSSR count). The second-order valence-electron chi connectivity index (χ2n) is 9.16. The second kappa shape index (κ2) is 13.0. The first-order valence-corrected chi connectivity index (χ1v) is 12.5. The molecule has 3 aromatic rings. The summed E-state index contributed by atoms with van der Waals surface area (Å²) in [4.78, 5) is 34.3. The predicted molar refractivity (Wildman–Crippen MR) is 138 cm³/mol. The van der Waals surface area contributed by atoms with Gasteiger partial charge in [-0.05, 0) is 49.3 Å². The maximum Gasteiger partial charge on any atom is 0.271 e. The van der Waals surface area contributed by atoms with E-state index in [-0.39, 0.29) is 18.0 Å². The van der Waals surface area contributed by atoms with Gasteiger partial charge in [-0.15, -0.1) is 0 Å². The molecule has 35 heavy (non-hydrogen) atoms. The fourth-order valence-electron chi connectivity index (χ4n) is 4.71. The fraction of sp³-hybridized carbons (Fsp3) is 0.429. The van der Waals surface area contributed by atoms with Crippen molar-refractivity contribution in [3.05, 3.63) is 72.1 Å². The zero-order chi connectivity index (χ0) is 25.2. The molecule has 0 aliphatic carbocycles. The lowest BCUT2D eigenvalue weighted by molar-refractivity contribution is -0.125. The van der Waals surface area contributed by atoms with Gasteiger partial charge >= 0.3 is 0 Å². The largest absolute Gasteiger partial charge is 0.391 e. The molecule has 0 aliphatic heterocycles. The maximum atomic E-state index is 13.1. The number of fused-ring (bicyclic) bond motifs is 1. The summed E-state index contributed by atoms with van der Waals surface area (Å²) in [6.07, 6.45) is 4.71.